The van der Waals surface area contributed by atoms with E-state index < -0.39 is 10.0 Å². The third kappa shape index (κ3) is 1.91. The molecule has 0 fully saturated rings. The number of hydrogen-bond donors (Lipinski definition) is 1. The van der Waals surface area contributed by atoms with Gasteiger partial charge in [-0.3, -0.25) is 0 Å². The Morgan fingerprint density at radius 2 is 1.67 bits per heavy atom. The van der Waals surface area contributed by atoms with E-state index in [0.717, 1.165) is 22.4 Å². The first-order chi connectivity index (χ1) is 8.04. The summed E-state index contributed by atoms with van der Waals surface area (Å²) < 4.78 is 29.4. The second kappa shape index (κ2) is 3.71. The van der Waals surface area contributed by atoms with Crippen molar-refractivity contribution in [2.45, 2.75) is 51.5 Å². The molecule has 1 aliphatic rings. The summed E-state index contributed by atoms with van der Waals surface area (Å²) in [5, 5.41) is 5.32. The van der Waals surface area contributed by atoms with Crippen LogP contribution in [0.5, 0.6) is 5.75 Å². The predicted molar refractivity (Wildman–Crippen MR) is 70.4 cm³/mol. The molecule has 0 atom stereocenters. The van der Waals surface area contributed by atoms with Crippen LogP contribution in [0, 0.1) is 20.8 Å². The molecule has 1 heterocycles. The highest BCUT2D eigenvalue weighted by Gasteiger charge is 2.35. The van der Waals surface area contributed by atoms with Crippen molar-refractivity contribution in [2.24, 2.45) is 5.14 Å². The van der Waals surface area contributed by atoms with Gasteiger partial charge in [0.05, 0.1) is 4.90 Å². The second-order valence-electron chi connectivity index (χ2n) is 5.60. The summed E-state index contributed by atoms with van der Waals surface area (Å²) >= 11 is 0. The van der Waals surface area contributed by atoms with Crippen molar-refractivity contribution >= 4 is 10.0 Å². The molecule has 0 saturated carbocycles. The Labute approximate surface area is 108 Å². The molecule has 0 aliphatic carbocycles. The van der Waals surface area contributed by atoms with E-state index in [1.54, 1.807) is 13.8 Å². The van der Waals surface area contributed by atoms with Crippen molar-refractivity contribution in [3.8, 4) is 5.75 Å². The van der Waals surface area contributed by atoms with Crippen LogP contribution in [0.3, 0.4) is 0 Å². The topological polar surface area (TPSA) is 69.4 Å². The van der Waals surface area contributed by atoms with Gasteiger partial charge in [-0.2, -0.15) is 0 Å². The molecule has 0 amide bonds. The van der Waals surface area contributed by atoms with Gasteiger partial charge in [-0.05, 0) is 51.3 Å². The number of ether oxygens (including phenoxy) is 1. The van der Waals surface area contributed by atoms with E-state index in [2.05, 4.69) is 0 Å². The second-order valence-corrected chi connectivity index (χ2v) is 7.09. The molecule has 0 spiro atoms. The number of nitrogens with two attached hydrogens (primary N) is 1. The molecule has 0 saturated heterocycles. The van der Waals surface area contributed by atoms with Gasteiger partial charge in [0.1, 0.15) is 11.4 Å². The zero-order chi connectivity index (χ0) is 13.9. The first-order valence-electron chi connectivity index (χ1n) is 5.89. The van der Waals surface area contributed by atoms with E-state index in [1.165, 1.54) is 0 Å². The number of rotatable bonds is 1. The molecular formula is C13H19NO3S. The number of primary sulfonamides is 1. The molecule has 0 aromatic heterocycles. The maximum Gasteiger partial charge on any atom is 0.238 e. The molecule has 0 bridgehead atoms. The maximum absolute atomic E-state index is 11.7. The van der Waals surface area contributed by atoms with Gasteiger partial charge in [0.25, 0.3) is 0 Å². The van der Waals surface area contributed by atoms with E-state index in [4.69, 9.17) is 9.88 Å². The monoisotopic (exact) mass is 269 g/mol. The average molecular weight is 269 g/mol. The van der Waals surface area contributed by atoms with Gasteiger partial charge in [0, 0.05) is 12.0 Å². The summed E-state index contributed by atoms with van der Waals surface area (Å²) in [6, 6.07) is 0. The summed E-state index contributed by atoms with van der Waals surface area (Å²) in [6.07, 6.45) is 0.706. The van der Waals surface area contributed by atoms with E-state index >= 15 is 0 Å². The minimum Gasteiger partial charge on any atom is -0.487 e. The Hall–Kier alpha value is -1.07. The molecule has 0 radical (unpaired) electrons. The van der Waals surface area contributed by atoms with Crippen LogP contribution in [0.1, 0.15) is 36.1 Å². The average Bonchev–Trinajstić information content (AvgIpc) is 2.49. The van der Waals surface area contributed by atoms with Crippen LogP contribution in [-0.2, 0) is 16.4 Å². The molecule has 1 aliphatic heterocycles. The predicted octanol–water partition coefficient (Wildman–Crippen LogP) is 1.97. The highest BCUT2D eigenvalue weighted by atomic mass is 32.2. The summed E-state index contributed by atoms with van der Waals surface area (Å²) in [5.74, 6) is 0.822. The van der Waals surface area contributed by atoms with Crippen LogP contribution >= 0.6 is 0 Å². The van der Waals surface area contributed by atoms with Crippen molar-refractivity contribution in [1.29, 1.82) is 0 Å². The van der Waals surface area contributed by atoms with Crippen LogP contribution in [0.15, 0.2) is 4.90 Å². The molecular weight excluding hydrogens is 250 g/mol. The normalized spacial score (nSPS) is 17.4. The molecule has 2 rings (SSSR count). The lowest BCUT2D eigenvalue weighted by Gasteiger charge is -2.18. The van der Waals surface area contributed by atoms with Crippen molar-refractivity contribution < 1.29 is 13.2 Å². The smallest absolute Gasteiger partial charge is 0.238 e. The number of fused-ring (bicyclic) bond motifs is 1. The van der Waals surface area contributed by atoms with Gasteiger partial charge >= 0.3 is 0 Å². The fourth-order valence-corrected chi connectivity index (χ4v) is 3.80. The van der Waals surface area contributed by atoms with Gasteiger partial charge < -0.3 is 4.74 Å². The van der Waals surface area contributed by atoms with Gasteiger partial charge in [-0.1, -0.05) is 0 Å². The molecule has 18 heavy (non-hydrogen) atoms. The zero-order valence-electron chi connectivity index (χ0n) is 11.4. The fourth-order valence-electron chi connectivity index (χ4n) is 2.67. The Morgan fingerprint density at radius 1 is 1.11 bits per heavy atom. The number of hydrogen-bond acceptors (Lipinski definition) is 3. The highest BCUT2D eigenvalue weighted by molar-refractivity contribution is 7.89. The fraction of sp³-hybridized carbons (Fsp3) is 0.538. The lowest BCUT2D eigenvalue weighted by atomic mass is 9.94. The number of benzene rings is 1. The van der Waals surface area contributed by atoms with Crippen molar-refractivity contribution in [3.63, 3.8) is 0 Å². The standard InChI is InChI=1S/C13H19NO3S/c1-7-8(2)12(18(14,15)16)9(3)10-6-13(4,5)17-11(7)10/h6H2,1-5H3,(H2,14,15,16). The molecule has 4 nitrogen and oxygen atoms in total. The Balaban J connectivity index is 2.83. The summed E-state index contributed by atoms with van der Waals surface area (Å²) in [6.45, 7) is 9.45. The lowest BCUT2D eigenvalue weighted by molar-refractivity contribution is 0.137. The van der Waals surface area contributed by atoms with Gasteiger partial charge in [-0.25, -0.2) is 13.6 Å². The van der Waals surface area contributed by atoms with E-state index in [9.17, 15) is 8.42 Å². The molecule has 0 unspecified atom stereocenters. The molecule has 100 valence electrons. The van der Waals surface area contributed by atoms with E-state index in [-0.39, 0.29) is 10.5 Å². The van der Waals surface area contributed by atoms with E-state index in [0.29, 0.717) is 12.0 Å². The summed E-state index contributed by atoms with van der Waals surface area (Å²) in [7, 11) is -3.70. The molecule has 5 heteroatoms. The minimum atomic E-state index is -3.70. The van der Waals surface area contributed by atoms with Crippen molar-refractivity contribution in [1.82, 2.24) is 0 Å². The Morgan fingerprint density at radius 3 is 2.17 bits per heavy atom. The third-order valence-corrected chi connectivity index (χ3v) is 4.76. The highest BCUT2D eigenvalue weighted by Crippen LogP contribution is 2.43. The SMILES string of the molecule is Cc1c(C)c(S(N)(=O)=O)c(C)c2c1OC(C)(C)C2. The number of sulfonamides is 1. The van der Waals surface area contributed by atoms with Crippen molar-refractivity contribution in [2.75, 3.05) is 0 Å². The van der Waals surface area contributed by atoms with Gasteiger partial charge in [-0.15, -0.1) is 0 Å². The van der Waals surface area contributed by atoms with Crippen LogP contribution < -0.4 is 9.88 Å². The Kier molecular flexibility index (Phi) is 2.76. The summed E-state index contributed by atoms with van der Waals surface area (Å²) in [4.78, 5) is 0.250. The van der Waals surface area contributed by atoms with Gasteiger partial charge in [0.15, 0.2) is 0 Å². The molecule has 1 aromatic rings. The van der Waals surface area contributed by atoms with Crippen LogP contribution in [-0.4, -0.2) is 14.0 Å². The maximum atomic E-state index is 11.7. The van der Waals surface area contributed by atoms with Crippen molar-refractivity contribution in [3.05, 3.63) is 22.3 Å². The van der Waals surface area contributed by atoms with Gasteiger partial charge in [0.2, 0.25) is 10.0 Å². The first-order valence-corrected chi connectivity index (χ1v) is 7.43. The summed E-state index contributed by atoms with van der Waals surface area (Å²) in [5.41, 5.74) is 2.95. The van der Waals surface area contributed by atoms with Crippen LogP contribution in [0.4, 0.5) is 0 Å². The first kappa shape index (κ1) is 13.4. The molecule has 1 aromatic carbocycles. The minimum absolute atomic E-state index is 0.250. The Bertz CT molecular complexity index is 630. The quantitative estimate of drug-likeness (QED) is 0.847. The molecule has 2 N–H and O–H groups in total. The largest absolute Gasteiger partial charge is 0.487 e. The zero-order valence-corrected chi connectivity index (χ0v) is 12.2. The van der Waals surface area contributed by atoms with Crippen LogP contribution in [0.25, 0.3) is 0 Å². The lowest BCUT2D eigenvalue weighted by Crippen LogP contribution is -2.24. The van der Waals surface area contributed by atoms with Crippen LogP contribution in [0.2, 0.25) is 0 Å². The van der Waals surface area contributed by atoms with E-state index in [1.807, 2.05) is 20.8 Å². The third-order valence-electron chi connectivity index (χ3n) is 3.58.